The Balaban J connectivity index is 1.62. The Morgan fingerprint density at radius 1 is 1.14 bits per heavy atom. The van der Waals surface area contributed by atoms with Crippen molar-refractivity contribution < 1.29 is 41.2 Å². The second-order valence-corrected chi connectivity index (χ2v) is 10.3. The van der Waals surface area contributed by atoms with Crippen molar-refractivity contribution in [1.29, 1.82) is 0 Å². The number of nitrogens with zero attached hydrogens (tertiary/aromatic N) is 3. The van der Waals surface area contributed by atoms with Crippen LogP contribution in [0.2, 0.25) is 5.02 Å². The first-order valence-corrected chi connectivity index (χ1v) is 13.0. The van der Waals surface area contributed by atoms with E-state index in [-0.39, 0.29) is 23.4 Å². The molecule has 4 amide bonds. The summed E-state index contributed by atoms with van der Waals surface area (Å²) >= 11 is 6.41. The van der Waals surface area contributed by atoms with Gasteiger partial charge in [0.05, 0.1) is 11.9 Å². The fourth-order valence-electron chi connectivity index (χ4n) is 5.03. The van der Waals surface area contributed by atoms with Crippen molar-refractivity contribution in [3.05, 3.63) is 76.6 Å². The Labute approximate surface area is 240 Å². The Kier molecular flexibility index (Phi) is 7.66. The number of aromatic nitrogens is 1. The van der Waals surface area contributed by atoms with Crippen molar-refractivity contribution in [3.8, 4) is 0 Å². The Morgan fingerprint density at radius 3 is 2.40 bits per heavy atom. The molecule has 1 saturated heterocycles. The second-order valence-electron chi connectivity index (χ2n) is 9.92. The molecule has 3 N–H and O–H groups in total. The maximum Gasteiger partial charge on any atom is 0.305 e. The van der Waals surface area contributed by atoms with Gasteiger partial charge in [-0.25, -0.2) is 22.5 Å². The number of amides is 4. The third-order valence-electron chi connectivity index (χ3n) is 6.95. The fourth-order valence-corrected chi connectivity index (χ4v) is 5.27. The number of hydrogen-bond donors (Lipinski definition) is 2. The van der Waals surface area contributed by atoms with Crippen molar-refractivity contribution >= 4 is 46.9 Å². The van der Waals surface area contributed by atoms with Crippen molar-refractivity contribution in [2.24, 2.45) is 5.73 Å². The predicted molar refractivity (Wildman–Crippen MR) is 140 cm³/mol. The average Bonchev–Trinajstić information content (AvgIpc) is 3.52. The zero-order valence-electron chi connectivity index (χ0n) is 21.5. The van der Waals surface area contributed by atoms with Crippen molar-refractivity contribution in [3.63, 3.8) is 0 Å². The number of primary amides is 1. The second kappa shape index (κ2) is 11.1. The van der Waals surface area contributed by atoms with Gasteiger partial charge in [-0.15, -0.1) is 0 Å². The van der Waals surface area contributed by atoms with Crippen molar-refractivity contribution in [2.45, 2.75) is 49.7 Å². The first-order valence-electron chi connectivity index (χ1n) is 12.6. The van der Waals surface area contributed by atoms with Crippen LogP contribution in [-0.2, 0) is 14.4 Å². The maximum absolute atomic E-state index is 14.5. The summed E-state index contributed by atoms with van der Waals surface area (Å²) in [6.45, 7) is 0. The predicted octanol–water partition coefficient (Wildman–Crippen LogP) is 3.89. The van der Waals surface area contributed by atoms with Gasteiger partial charge in [-0.2, -0.15) is 0 Å². The number of benzene rings is 2. The molecule has 1 aliphatic heterocycles. The van der Waals surface area contributed by atoms with Gasteiger partial charge < -0.3 is 15.5 Å². The molecule has 0 unspecified atom stereocenters. The Morgan fingerprint density at radius 2 is 1.81 bits per heavy atom. The number of nitrogens with two attached hydrogens (primary N) is 1. The van der Waals surface area contributed by atoms with Crippen LogP contribution in [0, 0.1) is 11.6 Å². The summed E-state index contributed by atoms with van der Waals surface area (Å²) in [5, 5.41) is 2.46. The van der Waals surface area contributed by atoms with E-state index in [0.29, 0.717) is 6.07 Å². The van der Waals surface area contributed by atoms with Crippen LogP contribution in [0.5, 0.6) is 0 Å². The molecule has 5 rings (SSSR count). The molecule has 3 aromatic rings. The molecule has 220 valence electrons. The maximum atomic E-state index is 14.5. The molecule has 1 saturated carbocycles. The number of nitrogens with one attached hydrogen (secondary N) is 1. The molecule has 2 atom stereocenters. The molecular weight excluding hydrogens is 586 g/mol. The zero-order chi connectivity index (χ0) is 30.3. The summed E-state index contributed by atoms with van der Waals surface area (Å²) in [5.74, 6) is -9.12. The first-order chi connectivity index (χ1) is 19.8. The minimum atomic E-state index is -2.98. The molecule has 1 aliphatic carbocycles. The molecule has 42 heavy (non-hydrogen) atoms. The number of alkyl halides is 2. The normalized spacial score (nSPS) is 18.8. The van der Waals surface area contributed by atoms with E-state index in [0.717, 1.165) is 28.1 Å². The lowest BCUT2D eigenvalue weighted by Gasteiger charge is -2.39. The SMILES string of the molecule is NC(=O)c1cnc(N2C(=O)CC[C@H]2C(=O)N(c2cc(F)cc(F)c2)[C@H](C(=O)NC2CC(F)(F)C2)c2ccccc2Cl)o1. The van der Waals surface area contributed by atoms with E-state index in [1.165, 1.54) is 24.3 Å². The quantitative estimate of drug-likeness (QED) is 0.373. The monoisotopic (exact) mass is 607 g/mol. The number of hydrogen-bond acceptors (Lipinski definition) is 6. The van der Waals surface area contributed by atoms with Crippen LogP contribution in [0.4, 0.5) is 29.3 Å². The lowest BCUT2D eigenvalue weighted by Crippen LogP contribution is -2.56. The van der Waals surface area contributed by atoms with Crippen LogP contribution in [-0.4, -0.2) is 46.6 Å². The van der Waals surface area contributed by atoms with Crippen molar-refractivity contribution in [1.82, 2.24) is 10.3 Å². The van der Waals surface area contributed by atoms with E-state index in [1.54, 1.807) is 0 Å². The summed E-state index contributed by atoms with van der Waals surface area (Å²) in [6, 6.07) is 3.47. The Bertz CT molecular complexity index is 1560. The number of halogens is 5. The van der Waals surface area contributed by atoms with E-state index >= 15 is 0 Å². The lowest BCUT2D eigenvalue weighted by atomic mass is 9.87. The number of carbonyl (C=O) groups excluding carboxylic acids is 4. The third-order valence-corrected chi connectivity index (χ3v) is 7.29. The smallest absolute Gasteiger partial charge is 0.305 e. The van der Waals surface area contributed by atoms with Gasteiger partial charge in [0.15, 0.2) is 0 Å². The molecule has 0 bridgehead atoms. The van der Waals surface area contributed by atoms with E-state index < -0.39 is 89.6 Å². The topological polar surface area (TPSA) is 139 Å². The summed E-state index contributed by atoms with van der Waals surface area (Å²) in [5.41, 5.74) is 4.81. The number of rotatable bonds is 8. The minimum Gasteiger partial charge on any atom is -0.418 e. The summed E-state index contributed by atoms with van der Waals surface area (Å²) in [4.78, 5) is 57.9. The van der Waals surface area contributed by atoms with E-state index in [2.05, 4.69) is 10.3 Å². The van der Waals surface area contributed by atoms with Gasteiger partial charge in [-0.3, -0.25) is 29.0 Å². The standard InChI is InChI=1S/C27H22ClF4N5O5/c28-18-4-2-1-3-17(18)22(24(40)35-15-10-27(31,32)11-15)36(16-8-13(29)7-14(30)9-16)25(41)19-5-6-21(38)37(19)26-34-12-20(42-26)23(33)39/h1-4,7-9,12,15,19,22H,5-6,10-11H2,(H2,33,39)(H,35,40)/t19-,22-/m0/s1. The summed E-state index contributed by atoms with van der Waals surface area (Å²) in [7, 11) is 0. The highest BCUT2D eigenvalue weighted by molar-refractivity contribution is 6.31. The van der Waals surface area contributed by atoms with Crippen molar-refractivity contribution in [2.75, 3.05) is 9.80 Å². The van der Waals surface area contributed by atoms with Gasteiger partial charge in [0.25, 0.3) is 17.7 Å². The molecule has 10 nitrogen and oxygen atoms in total. The molecule has 2 fully saturated rings. The van der Waals surface area contributed by atoms with Gasteiger partial charge in [0.2, 0.25) is 17.6 Å². The van der Waals surface area contributed by atoms with Gasteiger partial charge in [0.1, 0.15) is 23.7 Å². The van der Waals surface area contributed by atoms with Crippen LogP contribution < -0.4 is 20.9 Å². The highest BCUT2D eigenvalue weighted by Gasteiger charge is 2.49. The van der Waals surface area contributed by atoms with Gasteiger partial charge in [0, 0.05) is 42.0 Å². The molecule has 2 heterocycles. The molecular formula is C27H22ClF4N5O5. The van der Waals surface area contributed by atoms with Crippen LogP contribution >= 0.6 is 11.6 Å². The Hall–Kier alpha value is -4.46. The van der Waals surface area contributed by atoms with Crippen LogP contribution in [0.25, 0.3) is 0 Å². The molecule has 15 heteroatoms. The first kappa shape index (κ1) is 29.0. The summed E-state index contributed by atoms with van der Waals surface area (Å²) in [6.07, 6.45) is -0.650. The number of oxazole rings is 1. The average molecular weight is 608 g/mol. The van der Waals surface area contributed by atoms with E-state index in [1.807, 2.05) is 0 Å². The molecule has 2 aromatic carbocycles. The van der Waals surface area contributed by atoms with Crippen LogP contribution in [0.3, 0.4) is 0 Å². The molecule has 2 aliphatic rings. The fraction of sp³-hybridized carbons (Fsp3) is 0.296. The number of carbonyl (C=O) groups is 4. The minimum absolute atomic E-state index is 0.00980. The third kappa shape index (κ3) is 5.66. The molecule has 1 aromatic heterocycles. The zero-order valence-corrected chi connectivity index (χ0v) is 22.3. The largest absolute Gasteiger partial charge is 0.418 e. The molecule has 0 radical (unpaired) electrons. The van der Waals surface area contributed by atoms with Gasteiger partial charge in [-0.05, 0) is 24.6 Å². The van der Waals surface area contributed by atoms with Gasteiger partial charge in [-0.1, -0.05) is 29.8 Å². The summed E-state index contributed by atoms with van der Waals surface area (Å²) < 4.78 is 61.4. The van der Waals surface area contributed by atoms with Crippen LogP contribution in [0.15, 0.2) is 53.1 Å². The van der Waals surface area contributed by atoms with Crippen LogP contribution in [0.1, 0.15) is 47.8 Å². The highest BCUT2D eigenvalue weighted by atomic mass is 35.5. The van der Waals surface area contributed by atoms with E-state index in [4.69, 9.17) is 21.8 Å². The number of anilines is 2. The van der Waals surface area contributed by atoms with E-state index in [9.17, 15) is 36.7 Å². The molecule has 0 spiro atoms. The lowest BCUT2D eigenvalue weighted by molar-refractivity contribution is -0.133. The highest BCUT2D eigenvalue weighted by Crippen LogP contribution is 2.40. The van der Waals surface area contributed by atoms with Gasteiger partial charge >= 0.3 is 6.01 Å².